The molecular formula is C12H8ClN5O2. The number of nitro benzene ring substituents is 1. The highest BCUT2D eigenvalue weighted by atomic mass is 35.5. The topological polar surface area (TPSA) is 83.5 Å². The lowest BCUT2D eigenvalue weighted by Gasteiger charge is -2.24. The van der Waals surface area contributed by atoms with Crippen molar-refractivity contribution in [3.05, 3.63) is 52.1 Å². The van der Waals surface area contributed by atoms with Crippen LogP contribution in [-0.4, -0.2) is 33.2 Å². The molecule has 0 spiro atoms. The van der Waals surface area contributed by atoms with E-state index in [0.29, 0.717) is 28.8 Å². The van der Waals surface area contributed by atoms with Gasteiger partial charge >= 0.3 is 0 Å². The van der Waals surface area contributed by atoms with E-state index in [9.17, 15) is 10.1 Å². The summed E-state index contributed by atoms with van der Waals surface area (Å²) in [6.45, 7) is 0.362. The van der Waals surface area contributed by atoms with E-state index in [2.05, 4.69) is 15.3 Å². The summed E-state index contributed by atoms with van der Waals surface area (Å²) in [5.41, 5.74) is 1.25. The third kappa shape index (κ3) is 2.30. The van der Waals surface area contributed by atoms with Gasteiger partial charge in [-0.25, -0.2) is 5.01 Å². The summed E-state index contributed by atoms with van der Waals surface area (Å²) in [4.78, 5) is 10.3. The molecule has 0 saturated carbocycles. The minimum atomic E-state index is -0.444. The Hall–Kier alpha value is -2.54. The summed E-state index contributed by atoms with van der Waals surface area (Å²) in [5, 5.41) is 25.0. The number of halogens is 1. The van der Waals surface area contributed by atoms with Gasteiger partial charge in [-0.2, -0.15) is 10.2 Å². The van der Waals surface area contributed by atoms with Gasteiger partial charge < -0.3 is 0 Å². The lowest BCUT2D eigenvalue weighted by molar-refractivity contribution is -0.384. The largest absolute Gasteiger partial charge is 0.270 e. The van der Waals surface area contributed by atoms with Crippen LogP contribution in [-0.2, 0) is 0 Å². The van der Waals surface area contributed by atoms with Crippen molar-refractivity contribution in [2.45, 2.75) is 0 Å². The van der Waals surface area contributed by atoms with Gasteiger partial charge in [0.2, 0.25) is 0 Å². The monoisotopic (exact) mass is 289 g/mol. The predicted molar refractivity (Wildman–Crippen MR) is 76.2 cm³/mol. The van der Waals surface area contributed by atoms with Crippen LogP contribution in [0, 0.1) is 10.1 Å². The van der Waals surface area contributed by atoms with E-state index in [1.807, 2.05) is 0 Å². The van der Waals surface area contributed by atoms with Gasteiger partial charge in [0.05, 0.1) is 17.2 Å². The molecule has 1 aromatic rings. The van der Waals surface area contributed by atoms with Crippen LogP contribution in [0.1, 0.15) is 5.56 Å². The molecule has 0 unspecified atom stereocenters. The number of non-ortho nitro benzene ring substituents is 1. The number of benzene rings is 1. The number of allylic oxidation sites excluding steroid dienone is 1. The summed E-state index contributed by atoms with van der Waals surface area (Å²) < 4.78 is 0. The van der Waals surface area contributed by atoms with Crippen molar-refractivity contribution in [1.82, 2.24) is 5.01 Å². The first-order valence-electron chi connectivity index (χ1n) is 5.72. The van der Waals surface area contributed by atoms with E-state index in [4.69, 9.17) is 11.6 Å². The van der Waals surface area contributed by atoms with E-state index >= 15 is 0 Å². The zero-order valence-electron chi connectivity index (χ0n) is 10.1. The fourth-order valence-electron chi connectivity index (χ4n) is 1.86. The molecule has 100 valence electrons. The molecule has 0 aromatic heterocycles. The summed E-state index contributed by atoms with van der Waals surface area (Å²) in [7, 11) is 0. The second-order valence-electron chi connectivity index (χ2n) is 4.13. The molecule has 1 aromatic carbocycles. The second kappa shape index (κ2) is 4.86. The molecule has 0 N–H and O–H groups in total. The molecule has 2 aliphatic heterocycles. The summed E-state index contributed by atoms with van der Waals surface area (Å²) >= 11 is 5.83. The van der Waals surface area contributed by atoms with E-state index < -0.39 is 4.92 Å². The molecule has 0 fully saturated rings. The number of nitro groups is 1. The predicted octanol–water partition coefficient (Wildman–Crippen LogP) is 2.14. The number of nitrogens with zero attached hydrogens (tertiary/aromatic N) is 5. The molecule has 0 amide bonds. The Bertz CT molecular complexity index is 708. The first-order valence-corrected chi connectivity index (χ1v) is 6.10. The molecule has 2 heterocycles. The quantitative estimate of drug-likeness (QED) is 0.617. The lowest BCUT2D eigenvalue weighted by Crippen LogP contribution is -2.35. The summed E-state index contributed by atoms with van der Waals surface area (Å²) in [6, 6.07) is 6.25. The van der Waals surface area contributed by atoms with Crippen LogP contribution in [0.5, 0.6) is 0 Å². The van der Waals surface area contributed by atoms with Crippen molar-refractivity contribution >= 4 is 34.0 Å². The van der Waals surface area contributed by atoms with Crippen LogP contribution in [0.2, 0.25) is 0 Å². The van der Waals surface area contributed by atoms with Gasteiger partial charge in [0.15, 0.2) is 5.84 Å². The smallest absolute Gasteiger partial charge is 0.258 e. The molecular weight excluding hydrogens is 282 g/mol. The number of hydrazone groups is 1. The molecule has 0 aliphatic carbocycles. The lowest BCUT2D eigenvalue weighted by atomic mass is 10.1. The van der Waals surface area contributed by atoms with Gasteiger partial charge in [0.1, 0.15) is 5.17 Å². The maximum Gasteiger partial charge on any atom is 0.270 e. The van der Waals surface area contributed by atoms with Gasteiger partial charge in [0, 0.05) is 17.7 Å². The number of rotatable bonds is 2. The normalized spacial score (nSPS) is 17.1. The van der Waals surface area contributed by atoms with Crippen molar-refractivity contribution < 1.29 is 4.92 Å². The maximum atomic E-state index is 10.8. The Labute approximate surface area is 118 Å². The van der Waals surface area contributed by atoms with Crippen LogP contribution >= 0.6 is 11.6 Å². The average Bonchev–Trinajstić information content (AvgIpc) is 2.46. The summed E-state index contributed by atoms with van der Waals surface area (Å²) in [6.07, 6.45) is 3.34. The van der Waals surface area contributed by atoms with Crippen LogP contribution in [0.15, 0.2) is 51.7 Å². The standard InChI is InChI=1S/C12H8ClN5O2/c13-11-4-5-12-15-14-10(7-17(12)16-11)8-2-1-3-9(6-8)18(19)20/h1-6H,7H2. The number of amidine groups is 1. The van der Waals surface area contributed by atoms with E-state index in [0.717, 1.165) is 0 Å². The molecule has 8 heteroatoms. The van der Waals surface area contributed by atoms with E-state index in [-0.39, 0.29) is 5.69 Å². The van der Waals surface area contributed by atoms with E-state index in [1.54, 1.807) is 29.3 Å². The molecule has 0 saturated heterocycles. The SMILES string of the molecule is O=[N+]([O-])c1cccc(C2=NN=C3C=CC(Cl)=NN3C2)c1. The number of hydrogen-bond acceptors (Lipinski definition) is 6. The van der Waals surface area contributed by atoms with Gasteiger partial charge in [-0.05, 0) is 12.2 Å². The Morgan fingerprint density at radius 3 is 2.95 bits per heavy atom. The van der Waals surface area contributed by atoms with Gasteiger partial charge in [0.25, 0.3) is 5.69 Å². The highest BCUT2D eigenvalue weighted by Crippen LogP contribution is 2.18. The Balaban J connectivity index is 1.95. The van der Waals surface area contributed by atoms with Crippen LogP contribution in [0.4, 0.5) is 5.69 Å². The third-order valence-electron chi connectivity index (χ3n) is 2.81. The highest BCUT2D eigenvalue weighted by molar-refractivity contribution is 6.68. The fraction of sp³-hybridized carbons (Fsp3) is 0.0833. The molecule has 0 radical (unpaired) electrons. The first kappa shape index (κ1) is 12.5. The molecule has 0 atom stereocenters. The van der Waals surface area contributed by atoms with Crippen molar-refractivity contribution in [2.24, 2.45) is 15.3 Å². The Kier molecular flexibility index (Phi) is 3.03. The van der Waals surface area contributed by atoms with Crippen LogP contribution in [0.3, 0.4) is 0 Å². The van der Waals surface area contributed by atoms with Crippen molar-refractivity contribution in [1.29, 1.82) is 0 Å². The van der Waals surface area contributed by atoms with Crippen molar-refractivity contribution in [3.8, 4) is 0 Å². The van der Waals surface area contributed by atoms with Gasteiger partial charge in [-0.1, -0.05) is 23.7 Å². The average molecular weight is 290 g/mol. The molecule has 2 aliphatic rings. The van der Waals surface area contributed by atoms with Crippen LogP contribution < -0.4 is 0 Å². The number of hydrogen-bond donors (Lipinski definition) is 0. The number of fused-ring (bicyclic) bond motifs is 1. The second-order valence-corrected chi connectivity index (χ2v) is 4.51. The Morgan fingerprint density at radius 2 is 2.15 bits per heavy atom. The molecule has 7 nitrogen and oxygen atoms in total. The molecule has 0 bridgehead atoms. The molecule has 20 heavy (non-hydrogen) atoms. The zero-order valence-corrected chi connectivity index (χ0v) is 10.9. The third-order valence-corrected chi connectivity index (χ3v) is 3.02. The molecule has 3 rings (SSSR count). The minimum Gasteiger partial charge on any atom is -0.258 e. The highest BCUT2D eigenvalue weighted by Gasteiger charge is 2.21. The summed E-state index contributed by atoms with van der Waals surface area (Å²) in [5.74, 6) is 0.587. The van der Waals surface area contributed by atoms with Crippen LogP contribution in [0.25, 0.3) is 0 Å². The van der Waals surface area contributed by atoms with Crippen molar-refractivity contribution in [2.75, 3.05) is 6.54 Å². The Morgan fingerprint density at radius 1 is 1.30 bits per heavy atom. The van der Waals surface area contributed by atoms with E-state index in [1.165, 1.54) is 12.1 Å². The van der Waals surface area contributed by atoms with Crippen molar-refractivity contribution in [3.63, 3.8) is 0 Å². The minimum absolute atomic E-state index is 0.0139. The van der Waals surface area contributed by atoms with Gasteiger partial charge in [-0.3, -0.25) is 10.1 Å². The van der Waals surface area contributed by atoms with Gasteiger partial charge in [-0.15, -0.1) is 5.10 Å². The fourth-order valence-corrected chi connectivity index (χ4v) is 2.02. The zero-order chi connectivity index (χ0) is 14.1. The first-order chi connectivity index (χ1) is 9.63. The maximum absolute atomic E-state index is 10.8.